The Labute approximate surface area is 152 Å². The summed E-state index contributed by atoms with van der Waals surface area (Å²) in [6.45, 7) is 2.39. The third-order valence-corrected chi connectivity index (χ3v) is 4.51. The quantitative estimate of drug-likeness (QED) is 0.755. The van der Waals surface area contributed by atoms with Crippen LogP contribution in [0.4, 0.5) is 8.78 Å². The van der Waals surface area contributed by atoms with E-state index in [0.29, 0.717) is 11.5 Å². The lowest BCUT2D eigenvalue weighted by Gasteiger charge is -2.27. The van der Waals surface area contributed by atoms with E-state index in [1.165, 1.54) is 20.2 Å². The van der Waals surface area contributed by atoms with Crippen molar-refractivity contribution in [3.8, 4) is 5.69 Å². The molecule has 140 valence electrons. The molecule has 1 N–H and O–H groups in total. The molecule has 0 unspecified atom stereocenters. The number of alkyl halides is 2. The third-order valence-electron chi connectivity index (χ3n) is 4.51. The van der Waals surface area contributed by atoms with Crippen molar-refractivity contribution in [2.75, 3.05) is 6.54 Å². The smallest absolute Gasteiger partial charge is 0.297 e. The molecule has 0 spiro atoms. The maximum atomic E-state index is 12.9. The van der Waals surface area contributed by atoms with E-state index < -0.39 is 18.2 Å². The van der Waals surface area contributed by atoms with E-state index in [4.69, 9.17) is 0 Å². The second-order valence-corrected chi connectivity index (χ2v) is 6.33. The molecule has 0 radical (unpaired) electrons. The van der Waals surface area contributed by atoms with Crippen LogP contribution >= 0.6 is 0 Å². The summed E-state index contributed by atoms with van der Waals surface area (Å²) < 4.78 is 28.4. The molecule has 0 bridgehead atoms. The van der Waals surface area contributed by atoms with E-state index in [2.05, 4.69) is 15.3 Å². The highest BCUT2D eigenvalue weighted by atomic mass is 19.3. The number of halogens is 2. The molecule has 1 aromatic carbocycles. The lowest BCUT2D eigenvalue weighted by molar-refractivity contribution is 0.0692. The first kappa shape index (κ1) is 17.1. The van der Waals surface area contributed by atoms with Gasteiger partial charge in [0.1, 0.15) is 5.69 Å². The van der Waals surface area contributed by atoms with Crippen LogP contribution in [0.5, 0.6) is 0 Å². The second kappa shape index (κ2) is 6.45. The standard InChI is InChI=1S/C17H16F2N6O2/c1-10-2-4-11(5-3-10)25-14(26)8-12(22-25)17(27)23-6-7-24-13(9-23)20-21-16(24)15(18)19/h2-5,8,15,22H,6-7,9H2,1H3. The molecule has 3 aromatic rings. The Morgan fingerprint density at radius 3 is 2.63 bits per heavy atom. The van der Waals surface area contributed by atoms with Crippen molar-refractivity contribution in [1.82, 2.24) is 29.4 Å². The van der Waals surface area contributed by atoms with Gasteiger partial charge >= 0.3 is 0 Å². The highest BCUT2D eigenvalue weighted by Crippen LogP contribution is 2.21. The Bertz CT molecular complexity index is 1050. The molecule has 1 amide bonds. The van der Waals surface area contributed by atoms with Gasteiger partial charge in [-0.1, -0.05) is 17.7 Å². The fourth-order valence-electron chi connectivity index (χ4n) is 3.08. The number of aromatic amines is 1. The maximum Gasteiger partial charge on any atom is 0.297 e. The SMILES string of the molecule is Cc1ccc(-n2[nH]c(C(=O)N3CCn4c(nnc4C(F)F)C3)cc2=O)cc1. The van der Waals surface area contributed by atoms with Crippen molar-refractivity contribution in [3.63, 3.8) is 0 Å². The van der Waals surface area contributed by atoms with Gasteiger partial charge in [0, 0.05) is 19.2 Å². The Morgan fingerprint density at radius 1 is 1.19 bits per heavy atom. The van der Waals surface area contributed by atoms with E-state index >= 15 is 0 Å². The first-order valence-electron chi connectivity index (χ1n) is 8.32. The molecule has 3 heterocycles. The van der Waals surface area contributed by atoms with Gasteiger partial charge in [0.05, 0.1) is 12.2 Å². The zero-order valence-electron chi connectivity index (χ0n) is 14.4. The molecule has 2 aromatic heterocycles. The van der Waals surface area contributed by atoms with E-state index in [1.807, 2.05) is 19.1 Å². The number of fused-ring (bicyclic) bond motifs is 1. The lowest BCUT2D eigenvalue weighted by Crippen LogP contribution is -2.39. The number of hydrogen-bond acceptors (Lipinski definition) is 4. The average molecular weight is 374 g/mol. The van der Waals surface area contributed by atoms with Gasteiger partial charge in [-0.2, -0.15) is 0 Å². The summed E-state index contributed by atoms with van der Waals surface area (Å²) in [4.78, 5) is 26.4. The predicted octanol–water partition coefficient (Wildman–Crippen LogP) is 1.66. The predicted molar refractivity (Wildman–Crippen MR) is 90.8 cm³/mol. The van der Waals surface area contributed by atoms with Gasteiger partial charge in [-0.25, -0.2) is 13.5 Å². The number of aryl methyl sites for hydroxylation is 1. The van der Waals surface area contributed by atoms with Crippen molar-refractivity contribution in [2.24, 2.45) is 0 Å². The van der Waals surface area contributed by atoms with Crippen LogP contribution in [0.3, 0.4) is 0 Å². The molecule has 1 aliphatic rings. The Morgan fingerprint density at radius 2 is 1.93 bits per heavy atom. The first-order chi connectivity index (χ1) is 12.9. The van der Waals surface area contributed by atoms with Gasteiger partial charge in [-0.05, 0) is 19.1 Å². The number of aromatic nitrogens is 5. The first-order valence-corrected chi connectivity index (χ1v) is 8.32. The number of H-pyrrole nitrogens is 1. The molecule has 27 heavy (non-hydrogen) atoms. The number of rotatable bonds is 3. The Balaban J connectivity index is 1.58. The van der Waals surface area contributed by atoms with Gasteiger partial charge in [-0.15, -0.1) is 10.2 Å². The van der Waals surface area contributed by atoms with Crippen LogP contribution in [0, 0.1) is 6.92 Å². The van der Waals surface area contributed by atoms with Crippen LogP contribution in [0.2, 0.25) is 0 Å². The summed E-state index contributed by atoms with van der Waals surface area (Å²) in [7, 11) is 0. The Hall–Kier alpha value is -3.30. The Kier molecular flexibility index (Phi) is 4.09. The number of nitrogens with one attached hydrogen (secondary N) is 1. The van der Waals surface area contributed by atoms with Gasteiger partial charge in [0.25, 0.3) is 17.9 Å². The van der Waals surface area contributed by atoms with Crippen molar-refractivity contribution < 1.29 is 13.6 Å². The molecular weight excluding hydrogens is 358 g/mol. The van der Waals surface area contributed by atoms with Gasteiger partial charge in [0.15, 0.2) is 11.6 Å². The third kappa shape index (κ3) is 3.03. The summed E-state index contributed by atoms with van der Waals surface area (Å²) in [5.41, 5.74) is 1.44. The molecule has 0 saturated heterocycles. The lowest BCUT2D eigenvalue weighted by atomic mass is 10.2. The van der Waals surface area contributed by atoms with Gasteiger partial charge < -0.3 is 9.47 Å². The van der Waals surface area contributed by atoms with Crippen molar-refractivity contribution in [3.05, 3.63) is 63.6 Å². The molecule has 1 aliphatic heterocycles. The number of nitrogens with zero attached hydrogens (tertiary/aromatic N) is 5. The van der Waals surface area contributed by atoms with E-state index in [-0.39, 0.29) is 30.9 Å². The fraction of sp³-hybridized carbons (Fsp3) is 0.294. The highest BCUT2D eigenvalue weighted by molar-refractivity contribution is 5.92. The summed E-state index contributed by atoms with van der Waals surface area (Å²) in [6, 6.07) is 8.50. The van der Waals surface area contributed by atoms with Crippen LogP contribution in [-0.2, 0) is 13.1 Å². The molecule has 10 heteroatoms. The molecule has 8 nitrogen and oxygen atoms in total. The molecule has 4 rings (SSSR count). The second-order valence-electron chi connectivity index (χ2n) is 6.33. The molecule has 0 saturated carbocycles. The zero-order valence-corrected chi connectivity index (χ0v) is 14.4. The normalized spacial score (nSPS) is 13.9. The van der Waals surface area contributed by atoms with Crippen LogP contribution in [0.1, 0.15) is 34.1 Å². The highest BCUT2D eigenvalue weighted by Gasteiger charge is 2.28. The minimum absolute atomic E-state index is 0.0519. The molecule has 0 fully saturated rings. The molecular formula is C17H16F2N6O2. The largest absolute Gasteiger partial charge is 0.328 e. The topological polar surface area (TPSA) is 88.8 Å². The van der Waals surface area contributed by atoms with Gasteiger partial charge in [-0.3, -0.25) is 14.7 Å². The summed E-state index contributed by atoms with van der Waals surface area (Å²) >= 11 is 0. The van der Waals surface area contributed by atoms with Crippen molar-refractivity contribution >= 4 is 5.91 Å². The zero-order chi connectivity index (χ0) is 19.1. The van der Waals surface area contributed by atoms with E-state index in [9.17, 15) is 18.4 Å². The monoisotopic (exact) mass is 374 g/mol. The molecule has 0 aliphatic carbocycles. The van der Waals surface area contributed by atoms with Crippen LogP contribution < -0.4 is 5.56 Å². The van der Waals surface area contributed by atoms with Crippen molar-refractivity contribution in [2.45, 2.75) is 26.4 Å². The number of amides is 1. The summed E-state index contributed by atoms with van der Waals surface area (Å²) in [5.74, 6) is -0.493. The molecule has 0 atom stereocenters. The van der Waals surface area contributed by atoms with Crippen LogP contribution in [0.25, 0.3) is 5.69 Å². The van der Waals surface area contributed by atoms with Crippen LogP contribution in [0.15, 0.2) is 35.1 Å². The summed E-state index contributed by atoms with van der Waals surface area (Å²) in [6.07, 6.45) is -2.71. The minimum atomic E-state index is -2.71. The summed E-state index contributed by atoms with van der Waals surface area (Å²) in [5, 5.41) is 10.0. The maximum absolute atomic E-state index is 12.9. The van der Waals surface area contributed by atoms with Crippen molar-refractivity contribution in [1.29, 1.82) is 0 Å². The average Bonchev–Trinajstić information content (AvgIpc) is 3.25. The number of hydrogen-bond donors (Lipinski definition) is 1. The number of benzene rings is 1. The number of carbonyl (C=O) groups excluding carboxylic acids is 1. The van der Waals surface area contributed by atoms with E-state index in [1.54, 1.807) is 12.1 Å². The van der Waals surface area contributed by atoms with Gasteiger partial charge in [0.2, 0.25) is 0 Å². The number of carbonyl (C=O) groups is 1. The van der Waals surface area contributed by atoms with Crippen LogP contribution in [-0.4, -0.2) is 41.9 Å². The fourth-order valence-corrected chi connectivity index (χ4v) is 3.08. The van der Waals surface area contributed by atoms with E-state index in [0.717, 1.165) is 5.56 Å². The minimum Gasteiger partial charge on any atom is -0.328 e.